The van der Waals surface area contributed by atoms with E-state index in [1.165, 1.54) is 0 Å². The van der Waals surface area contributed by atoms with E-state index >= 15 is 0 Å². The van der Waals surface area contributed by atoms with Gasteiger partial charge < -0.3 is 15.0 Å². The van der Waals surface area contributed by atoms with Gasteiger partial charge in [-0.1, -0.05) is 19.1 Å². The van der Waals surface area contributed by atoms with E-state index in [1.807, 2.05) is 38.4 Å². The summed E-state index contributed by atoms with van der Waals surface area (Å²) in [5, 5.41) is 3.12. The molecule has 2 unspecified atom stereocenters. The maximum absolute atomic E-state index is 12.3. The summed E-state index contributed by atoms with van der Waals surface area (Å²) in [6, 6.07) is 7.66. The molecule has 2 atom stereocenters. The molecule has 1 aliphatic rings. The van der Waals surface area contributed by atoms with Gasteiger partial charge in [0.05, 0.1) is 5.69 Å². The summed E-state index contributed by atoms with van der Waals surface area (Å²) in [4.78, 5) is 14.0. The number of hydrogen-bond donors (Lipinski definition) is 1. The van der Waals surface area contributed by atoms with Crippen molar-refractivity contribution in [1.29, 1.82) is 0 Å². The Labute approximate surface area is 108 Å². The molecule has 0 aromatic heterocycles. The molecular formula is C14H20N2O2. The predicted octanol–water partition coefficient (Wildman–Crippen LogP) is 1.66. The van der Waals surface area contributed by atoms with Crippen molar-refractivity contribution in [1.82, 2.24) is 5.32 Å². The van der Waals surface area contributed by atoms with Crippen molar-refractivity contribution >= 4 is 11.6 Å². The van der Waals surface area contributed by atoms with Crippen LogP contribution < -0.4 is 15.0 Å². The molecule has 0 bridgehead atoms. The molecule has 1 aromatic carbocycles. The first-order chi connectivity index (χ1) is 8.69. The second kappa shape index (κ2) is 5.40. The monoisotopic (exact) mass is 248 g/mol. The quantitative estimate of drug-likeness (QED) is 0.881. The zero-order valence-corrected chi connectivity index (χ0v) is 11.1. The van der Waals surface area contributed by atoms with Gasteiger partial charge in [0.15, 0.2) is 6.10 Å². The van der Waals surface area contributed by atoms with Crippen molar-refractivity contribution < 1.29 is 9.53 Å². The third-order valence-electron chi connectivity index (χ3n) is 3.47. The fourth-order valence-corrected chi connectivity index (χ4v) is 2.36. The van der Waals surface area contributed by atoms with Crippen molar-refractivity contribution in [2.45, 2.75) is 19.4 Å². The number of amides is 1. The topological polar surface area (TPSA) is 41.6 Å². The van der Waals surface area contributed by atoms with E-state index in [4.69, 9.17) is 4.74 Å². The summed E-state index contributed by atoms with van der Waals surface area (Å²) >= 11 is 0. The Morgan fingerprint density at radius 1 is 1.44 bits per heavy atom. The van der Waals surface area contributed by atoms with Crippen molar-refractivity contribution in [2.24, 2.45) is 5.92 Å². The highest BCUT2D eigenvalue weighted by Crippen LogP contribution is 2.34. The second-order valence-electron chi connectivity index (χ2n) is 4.63. The van der Waals surface area contributed by atoms with Crippen LogP contribution in [0, 0.1) is 5.92 Å². The molecule has 1 aromatic rings. The van der Waals surface area contributed by atoms with Gasteiger partial charge in [0.1, 0.15) is 5.75 Å². The molecule has 2 rings (SSSR count). The van der Waals surface area contributed by atoms with Crippen LogP contribution in [0.15, 0.2) is 24.3 Å². The van der Waals surface area contributed by atoms with Gasteiger partial charge in [-0.2, -0.15) is 0 Å². The molecule has 0 saturated heterocycles. The SMILES string of the molecule is CCC(CNC)C1Oc2ccccc2N(C)C1=O. The Kier molecular flexibility index (Phi) is 3.87. The lowest BCUT2D eigenvalue weighted by Gasteiger charge is -2.35. The van der Waals surface area contributed by atoms with Crippen LogP contribution in [-0.4, -0.2) is 32.7 Å². The number of carbonyl (C=O) groups excluding carboxylic acids is 1. The Hall–Kier alpha value is -1.55. The molecular weight excluding hydrogens is 228 g/mol. The molecule has 1 aliphatic heterocycles. The Morgan fingerprint density at radius 2 is 2.17 bits per heavy atom. The van der Waals surface area contributed by atoms with E-state index in [-0.39, 0.29) is 17.9 Å². The molecule has 0 saturated carbocycles. The Balaban J connectivity index is 2.28. The largest absolute Gasteiger partial charge is 0.478 e. The van der Waals surface area contributed by atoms with Gasteiger partial charge in [-0.25, -0.2) is 0 Å². The summed E-state index contributed by atoms with van der Waals surface area (Å²) in [5.41, 5.74) is 0.845. The number of likely N-dealkylation sites (N-methyl/N-ethyl adjacent to an activating group) is 1. The lowest BCUT2D eigenvalue weighted by molar-refractivity contribution is -0.128. The Morgan fingerprint density at radius 3 is 2.83 bits per heavy atom. The van der Waals surface area contributed by atoms with Gasteiger partial charge in [0, 0.05) is 19.5 Å². The van der Waals surface area contributed by atoms with Gasteiger partial charge in [-0.05, 0) is 25.6 Å². The van der Waals surface area contributed by atoms with E-state index < -0.39 is 0 Å². The van der Waals surface area contributed by atoms with Crippen molar-refractivity contribution in [3.63, 3.8) is 0 Å². The highest BCUT2D eigenvalue weighted by atomic mass is 16.5. The number of benzene rings is 1. The van der Waals surface area contributed by atoms with Gasteiger partial charge in [-0.3, -0.25) is 4.79 Å². The fourth-order valence-electron chi connectivity index (χ4n) is 2.36. The van der Waals surface area contributed by atoms with Crippen LogP contribution >= 0.6 is 0 Å². The number of ether oxygens (including phenoxy) is 1. The number of fused-ring (bicyclic) bond motifs is 1. The number of nitrogens with zero attached hydrogens (tertiary/aromatic N) is 1. The Bertz CT molecular complexity index is 434. The molecule has 18 heavy (non-hydrogen) atoms. The minimum atomic E-state index is -0.387. The average Bonchev–Trinajstić information content (AvgIpc) is 2.40. The highest BCUT2D eigenvalue weighted by Gasteiger charge is 2.36. The normalized spacial score (nSPS) is 20.3. The van der Waals surface area contributed by atoms with Crippen LogP contribution in [0.2, 0.25) is 0 Å². The number of hydrogen-bond acceptors (Lipinski definition) is 3. The minimum absolute atomic E-state index is 0.0378. The molecule has 1 heterocycles. The zero-order chi connectivity index (χ0) is 13.1. The van der Waals surface area contributed by atoms with Crippen molar-refractivity contribution in [3.8, 4) is 5.75 Å². The number of nitrogens with one attached hydrogen (secondary N) is 1. The summed E-state index contributed by atoms with van der Waals surface area (Å²) in [5.74, 6) is 1.02. The van der Waals surface area contributed by atoms with Crippen LogP contribution in [0.25, 0.3) is 0 Å². The van der Waals surface area contributed by atoms with E-state index in [1.54, 1.807) is 4.90 Å². The number of para-hydroxylation sites is 2. The zero-order valence-electron chi connectivity index (χ0n) is 11.1. The van der Waals surface area contributed by atoms with Crippen LogP contribution in [0.3, 0.4) is 0 Å². The highest BCUT2D eigenvalue weighted by molar-refractivity contribution is 5.99. The minimum Gasteiger partial charge on any atom is -0.478 e. The summed E-state index contributed by atoms with van der Waals surface area (Å²) in [6.07, 6.45) is 0.523. The van der Waals surface area contributed by atoms with Gasteiger partial charge in [-0.15, -0.1) is 0 Å². The first-order valence-electron chi connectivity index (χ1n) is 6.36. The molecule has 0 fully saturated rings. The molecule has 0 aliphatic carbocycles. The maximum atomic E-state index is 12.3. The summed E-state index contributed by atoms with van der Waals surface area (Å²) < 4.78 is 5.89. The lowest BCUT2D eigenvalue weighted by atomic mass is 9.96. The van der Waals surface area contributed by atoms with Gasteiger partial charge in [0.25, 0.3) is 5.91 Å². The smallest absolute Gasteiger partial charge is 0.268 e. The predicted molar refractivity (Wildman–Crippen MR) is 72.0 cm³/mol. The lowest BCUT2D eigenvalue weighted by Crippen LogP contribution is -2.49. The van der Waals surface area contributed by atoms with Crippen molar-refractivity contribution in [2.75, 3.05) is 25.5 Å². The number of anilines is 1. The van der Waals surface area contributed by atoms with Crippen molar-refractivity contribution in [3.05, 3.63) is 24.3 Å². The summed E-state index contributed by atoms with van der Waals surface area (Å²) in [7, 11) is 3.70. The first-order valence-corrected chi connectivity index (χ1v) is 6.36. The standard InChI is InChI=1S/C14H20N2O2/c1-4-10(9-15-2)13-14(17)16(3)11-7-5-6-8-12(11)18-13/h5-8,10,13,15H,4,9H2,1-3H3. The first kappa shape index (κ1) is 12.9. The molecule has 98 valence electrons. The number of rotatable bonds is 4. The molecule has 4 heteroatoms. The van der Waals surface area contributed by atoms with Crippen LogP contribution in [0.5, 0.6) is 5.75 Å². The average molecular weight is 248 g/mol. The molecule has 1 N–H and O–H groups in total. The van der Waals surface area contributed by atoms with E-state index in [2.05, 4.69) is 12.2 Å². The molecule has 0 spiro atoms. The van der Waals surface area contributed by atoms with Crippen LogP contribution in [0.1, 0.15) is 13.3 Å². The van der Waals surface area contributed by atoms with E-state index in [0.717, 1.165) is 24.4 Å². The number of carbonyl (C=O) groups is 1. The van der Waals surface area contributed by atoms with E-state index in [9.17, 15) is 4.79 Å². The van der Waals surface area contributed by atoms with Crippen LogP contribution in [-0.2, 0) is 4.79 Å². The molecule has 0 radical (unpaired) electrons. The maximum Gasteiger partial charge on any atom is 0.268 e. The molecule has 1 amide bonds. The third-order valence-corrected chi connectivity index (χ3v) is 3.47. The van der Waals surface area contributed by atoms with Gasteiger partial charge in [0.2, 0.25) is 0 Å². The van der Waals surface area contributed by atoms with Crippen LogP contribution in [0.4, 0.5) is 5.69 Å². The second-order valence-corrected chi connectivity index (χ2v) is 4.63. The fraction of sp³-hybridized carbons (Fsp3) is 0.500. The third kappa shape index (κ3) is 2.20. The van der Waals surface area contributed by atoms with E-state index in [0.29, 0.717) is 0 Å². The van der Waals surface area contributed by atoms with Gasteiger partial charge >= 0.3 is 0 Å². The summed E-state index contributed by atoms with van der Waals surface area (Å²) in [6.45, 7) is 2.86. The molecule has 4 nitrogen and oxygen atoms in total.